The molecule has 3 rings (SSSR count). The summed E-state index contributed by atoms with van der Waals surface area (Å²) in [6.45, 7) is -1.04. The van der Waals surface area contributed by atoms with Crippen LogP contribution in [0, 0.1) is 0 Å². The molecule has 0 aliphatic rings. The Bertz CT molecular complexity index is 1030. The maximum Gasteiger partial charge on any atom is 0.416 e. The predicted molar refractivity (Wildman–Crippen MR) is 100 cm³/mol. The van der Waals surface area contributed by atoms with Gasteiger partial charge in [0.15, 0.2) is 0 Å². The van der Waals surface area contributed by atoms with Gasteiger partial charge in [-0.05, 0) is 12.1 Å². The SMILES string of the molecule is O=C(CNC(=O)c1sc2ccccc2c1Cl)OCc1ccccc1C(F)(F)F. The van der Waals surface area contributed by atoms with E-state index < -0.39 is 36.8 Å². The number of carbonyl (C=O) groups is 2. The average molecular weight is 428 g/mol. The molecule has 2 aromatic carbocycles. The number of fused-ring (bicyclic) bond motifs is 1. The number of carbonyl (C=O) groups excluding carboxylic acids is 2. The predicted octanol–water partition coefficient (Wildman–Crippen LogP) is 5.05. The first-order valence-corrected chi connectivity index (χ1v) is 9.23. The Balaban J connectivity index is 1.59. The summed E-state index contributed by atoms with van der Waals surface area (Å²) in [7, 11) is 0. The van der Waals surface area contributed by atoms with Crippen LogP contribution in [0.15, 0.2) is 48.5 Å². The van der Waals surface area contributed by atoms with E-state index in [0.717, 1.165) is 16.2 Å². The number of hydrogen-bond acceptors (Lipinski definition) is 4. The number of benzene rings is 2. The summed E-state index contributed by atoms with van der Waals surface area (Å²) in [6.07, 6.45) is -4.55. The molecule has 1 heterocycles. The van der Waals surface area contributed by atoms with E-state index in [1.54, 1.807) is 12.1 Å². The molecule has 28 heavy (non-hydrogen) atoms. The van der Waals surface area contributed by atoms with Crippen molar-refractivity contribution < 1.29 is 27.5 Å². The second kappa shape index (κ2) is 8.20. The van der Waals surface area contributed by atoms with Gasteiger partial charge in [0.05, 0.1) is 10.6 Å². The summed E-state index contributed by atoms with van der Waals surface area (Å²) in [4.78, 5) is 24.3. The Hall–Kier alpha value is -2.58. The Morgan fingerprint density at radius 2 is 1.75 bits per heavy atom. The van der Waals surface area contributed by atoms with Gasteiger partial charge in [-0.1, -0.05) is 48.0 Å². The van der Waals surface area contributed by atoms with Gasteiger partial charge in [-0.15, -0.1) is 11.3 Å². The highest BCUT2D eigenvalue weighted by molar-refractivity contribution is 7.21. The number of amides is 1. The number of ether oxygens (including phenoxy) is 1. The molecule has 1 aromatic heterocycles. The number of alkyl halides is 3. The molecule has 0 aliphatic carbocycles. The molecule has 0 saturated carbocycles. The van der Waals surface area contributed by atoms with Crippen molar-refractivity contribution in [2.24, 2.45) is 0 Å². The Morgan fingerprint density at radius 1 is 1.07 bits per heavy atom. The zero-order valence-corrected chi connectivity index (χ0v) is 15.8. The number of esters is 1. The quantitative estimate of drug-likeness (QED) is 0.580. The van der Waals surface area contributed by atoms with E-state index in [1.165, 1.54) is 29.5 Å². The zero-order chi connectivity index (χ0) is 20.3. The van der Waals surface area contributed by atoms with Crippen molar-refractivity contribution in [2.75, 3.05) is 6.54 Å². The average Bonchev–Trinajstić information content (AvgIpc) is 3.01. The van der Waals surface area contributed by atoms with Crippen LogP contribution in [-0.4, -0.2) is 18.4 Å². The summed E-state index contributed by atoms with van der Waals surface area (Å²) >= 11 is 7.37. The lowest BCUT2D eigenvalue weighted by Crippen LogP contribution is -2.30. The molecule has 0 bridgehead atoms. The van der Waals surface area contributed by atoms with Gasteiger partial charge in [0.2, 0.25) is 0 Å². The minimum Gasteiger partial charge on any atom is -0.459 e. The van der Waals surface area contributed by atoms with Crippen molar-refractivity contribution >= 4 is 44.9 Å². The van der Waals surface area contributed by atoms with Crippen molar-refractivity contribution in [2.45, 2.75) is 12.8 Å². The summed E-state index contributed by atoms with van der Waals surface area (Å²) in [5, 5.41) is 3.38. The van der Waals surface area contributed by atoms with Crippen LogP contribution in [0.25, 0.3) is 10.1 Å². The lowest BCUT2D eigenvalue weighted by Gasteiger charge is -2.13. The Kier molecular flexibility index (Phi) is 5.90. The van der Waals surface area contributed by atoms with Crippen molar-refractivity contribution in [1.82, 2.24) is 5.32 Å². The molecule has 3 aromatic rings. The molecular formula is C19H13ClF3NO3S. The maximum atomic E-state index is 12.9. The van der Waals surface area contributed by atoms with Gasteiger partial charge in [0.25, 0.3) is 5.91 Å². The molecule has 0 saturated heterocycles. The highest BCUT2D eigenvalue weighted by Crippen LogP contribution is 2.35. The van der Waals surface area contributed by atoms with Crippen LogP contribution in [0.3, 0.4) is 0 Å². The van der Waals surface area contributed by atoms with E-state index in [0.29, 0.717) is 0 Å². The van der Waals surface area contributed by atoms with Gasteiger partial charge in [-0.3, -0.25) is 9.59 Å². The van der Waals surface area contributed by atoms with Gasteiger partial charge in [-0.2, -0.15) is 13.2 Å². The first kappa shape index (κ1) is 20.2. The van der Waals surface area contributed by atoms with E-state index in [9.17, 15) is 22.8 Å². The molecule has 0 spiro atoms. The topological polar surface area (TPSA) is 55.4 Å². The van der Waals surface area contributed by atoms with Crippen LogP contribution in [-0.2, 0) is 22.3 Å². The van der Waals surface area contributed by atoms with Gasteiger partial charge >= 0.3 is 12.1 Å². The van der Waals surface area contributed by atoms with E-state index >= 15 is 0 Å². The smallest absolute Gasteiger partial charge is 0.416 e. The molecule has 0 unspecified atom stereocenters. The molecule has 9 heteroatoms. The van der Waals surface area contributed by atoms with E-state index in [1.807, 2.05) is 12.1 Å². The number of rotatable bonds is 5. The second-order valence-electron chi connectivity index (χ2n) is 5.74. The molecular weight excluding hydrogens is 415 g/mol. The highest BCUT2D eigenvalue weighted by Gasteiger charge is 2.33. The molecule has 0 radical (unpaired) electrons. The molecule has 4 nitrogen and oxygen atoms in total. The normalized spacial score (nSPS) is 11.4. The lowest BCUT2D eigenvalue weighted by atomic mass is 10.1. The number of hydrogen-bond donors (Lipinski definition) is 1. The van der Waals surface area contributed by atoms with Gasteiger partial charge < -0.3 is 10.1 Å². The van der Waals surface area contributed by atoms with Crippen LogP contribution in [0.2, 0.25) is 5.02 Å². The van der Waals surface area contributed by atoms with Crippen LogP contribution in [0.1, 0.15) is 20.8 Å². The van der Waals surface area contributed by atoms with Crippen LogP contribution in [0.5, 0.6) is 0 Å². The summed E-state index contributed by atoms with van der Waals surface area (Å²) < 4.78 is 44.5. The molecule has 0 aliphatic heterocycles. The van der Waals surface area contributed by atoms with E-state index in [4.69, 9.17) is 16.3 Å². The monoisotopic (exact) mass is 427 g/mol. The molecule has 0 atom stereocenters. The largest absolute Gasteiger partial charge is 0.459 e. The molecule has 1 N–H and O–H groups in total. The number of nitrogens with one attached hydrogen (secondary N) is 1. The molecule has 1 amide bonds. The first-order valence-electron chi connectivity index (χ1n) is 8.03. The van der Waals surface area contributed by atoms with Crippen molar-refractivity contribution in [3.05, 3.63) is 69.6 Å². The highest BCUT2D eigenvalue weighted by atomic mass is 35.5. The van der Waals surface area contributed by atoms with Crippen LogP contribution < -0.4 is 5.32 Å². The third kappa shape index (κ3) is 4.45. The Morgan fingerprint density at radius 3 is 2.46 bits per heavy atom. The second-order valence-corrected chi connectivity index (χ2v) is 7.17. The fourth-order valence-electron chi connectivity index (χ4n) is 2.52. The summed E-state index contributed by atoms with van der Waals surface area (Å²) in [5.41, 5.74) is -1.04. The Labute approximate surface area is 166 Å². The van der Waals surface area contributed by atoms with Crippen molar-refractivity contribution in [3.8, 4) is 0 Å². The van der Waals surface area contributed by atoms with Crippen molar-refractivity contribution in [1.29, 1.82) is 0 Å². The standard InChI is InChI=1S/C19H13ClF3NO3S/c20-16-12-6-2-4-8-14(12)28-17(16)18(26)24-9-15(25)27-10-11-5-1-3-7-13(11)19(21,22)23/h1-8H,9-10H2,(H,24,26). The first-order chi connectivity index (χ1) is 13.3. The third-order valence-electron chi connectivity index (χ3n) is 3.85. The number of thiophene rings is 1. The summed E-state index contributed by atoms with van der Waals surface area (Å²) in [6, 6.07) is 12.0. The summed E-state index contributed by atoms with van der Waals surface area (Å²) in [5.74, 6) is -1.42. The van der Waals surface area contributed by atoms with E-state index in [-0.39, 0.29) is 15.5 Å². The van der Waals surface area contributed by atoms with Gasteiger partial charge in [0, 0.05) is 15.6 Å². The van der Waals surface area contributed by atoms with E-state index in [2.05, 4.69) is 5.32 Å². The minimum absolute atomic E-state index is 0.165. The fourth-order valence-corrected chi connectivity index (χ4v) is 3.96. The number of halogens is 4. The van der Waals surface area contributed by atoms with Gasteiger partial charge in [0.1, 0.15) is 18.0 Å². The zero-order valence-electron chi connectivity index (χ0n) is 14.2. The minimum atomic E-state index is -4.55. The fraction of sp³-hybridized carbons (Fsp3) is 0.158. The molecule has 0 fully saturated rings. The maximum absolute atomic E-state index is 12.9. The third-order valence-corrected chi connectivity index (χ3v) is 5.52. The van der Waals surface area contributed by atoms with Crippen LogP contribution in [0.4, 0.5) is 13.2 Å². The molecule has 146 valence electrons. The van der Waals surface area contributed by atoms with Crippen molar-refractivity contribution in [3.63, 3.8) is 0 Å². The lowest BCUT2D eigenvalue weighted by molar-refractivity contribution is -0.146. The van der Waals surface area contributed by atoms with Crippen LogP contribution >= 0.6 is 22.9 Å². The van der Waals surface area contributed by atoms with Gasteiger partial charge in [-0.25, -0.2) is 0 Å².